The summed E-state index contributed by atoms with van der Waals surface area (Å²) >= 11 is 0. The highest BCUT2D eigenvalue weighted by Crippen LogP contribution is 2.23. The van der Waals surface area contributed by atoms with Gasteiger partial charge in [-0.05, 0) is 37.1 Å². The molecule has 96 valence electrons. The Balaban J connectivity index is 2.08. The van der Waals surface area contributed by atoms with Crippen LogP contribution < -0.4 is 4.74 Å². The zero-order valence-electron chi connectivity index (χ0n) is 10.8. The third kappa shape index (κ3) is 2.68. The summed E-state index contributed by atoms with van der Waals surface area (Å²) in [6.07, 6.45) is 1.18. The summed E-state index contributed by atoms with van der Waals surface area (Å²) in [4.78, 5) is 0. The van der Waals surface area contributed by atoms with Crippen LogP contribution in [-0.4, -0.2) is 19.9 Å². The van der Waals surface area contributed by atoms with E-state index in [1.807, 2.05) is 36.7 Å². The molecule has 5 nitrogen and oxygen atoms in total. The van der Waals surface area contributed by atoms with Crippen molar-refractivity contribution in [3.8, 4) is 5.75 Å². The molecule has 0 saturated heterocycles. The molecule has 0 radical (unpaired) electrons. The maximum absolute atomic E-state index is 9.49. The number of ether oxygens (including phenoxy) is 1. The lowest BCUT2D eigenvalue weighted by Crippen LogP contribution is -2.04. The molecule has 0 bridgehead atoms. The third-order valence-corrected chi connectivity index (χ3v) is 2.84. The van der Waals surface area contributed by atoms with Crippen molar-refractivity contribution >= 4 is 0 Å². The number of hydrogen-bond acceptors (Lipinski definition) is 4. The fraction of sp³-hybridized carbons (Fsp3) is 0.385. The van der Waals surface area contributed by atoms with Gasteiger partial charge in [-0.25, -0.2) is 0 Å². The summed E-state index contributed by atoms with van der Waals surface area (Å²) in [5, 5.41) is 17.2. The molecule has 18 heavy (non-hydrogen) atoms. The maximum Gasteiger partial charge on any atom is 0.170 e. The first-order valence-electron chi connectivity index (χ1n) is 5.82. The summed E-state index contributed by atoms with van der Waals surface area (Å²) in [5.74, 6) is 1.57. The molecule has 1 N–H and O–H groups in total. The van der Waals surface area contributed by atoms with Gasteiger partial charge in [0.15, 0.2) is 5.82 Å². The number of aromatic nitrogens is 3. The Morgan fingerprint density at radius 1 is 1.44 bits per heavy atom. The molecule has 0 amide bonds. The first-order valence-corrected chi connectivity index (χ1v) is 5.82. The number of aliphatic hydroxyl groups is 1. The Hall–Kier alpha value is -1.88. The van der Waals surface area contributed by atoms with E-state index in [0.29, 0.717) is 6.61 Å². The largest absolute Gasteiger partial charge is 0.485 e. The predicted octanol–water partition coefficient (Wildman–Crippen LogP) is 1.76. The van der Waals surface area contributed by atoms with Crippen molar-refractivity contribution in [2.45, 2.75) is 26.6 Å². The second kappa shape index (κ2) is 5.18. The van der Waals surface area contributed by atoms with Crippen molar-refractivity contribution in [2.75, 3.05) is 0 Å². The van der Waals surface area contributed by atoms with Gasteiger partial charge >= 0.3 is 0 Å². The molecule has 2 aromatic rings. The Morgan fingerprint density at radius 3 is 2.78 bits per heavy atom. The minimum atomic E-state index is -0.462. The molecule has 0 spiro atoms. The number of nitrogens with zero attached hydrogens (tertiary/aromatic N) is 3. The molecule has 1 aromatic heterocycles. The molecule has 1 aromatic carbocycles. The Labute approximate surface area is 106 Å². The minimum absolute atomic E-state index is 0.380. The number of rotatable bonds is 4. The van der Waals surface area contributed by atoms with Crippen LogP contribution in [-0.2, 0) is 13.7 Å². The molecule has 0 saturated carbocycles. The van der Waals surface area contributed by atoms with E-state index in [1.165, 1.54) is 0 Å². The van der Waals surface area contributed by atoms with Crippen molar-refractivity contribution in [3.05, 3.63) is 41.5 Å². The van der Waals surface area contributed by atoms with Crippen molar-refractivity contribution < 1.29 is 9.84 Å². The van der Waals surface area contributed by atoms with E-state index in [0.717, 1.165) is 22.7 Å². The van der Waals surface area contributed by atoms with E-state index in [2.05, 4.69) is 10.2 Å². The standard InChI is InChI=1S/C13H17N3O2/c1-9-6-11(10(2)17)4-5-12(9)18-7-13-15-14-8-16(13)3/h4-6,8,10,17H,7H2,1-3H3. The highest BCUT2D eigenvalue weighted by molar-refractivity contribution is 5.36. The molecule has 0 aliphatic rings. The molecule has 5 heteroatoms. The van der Waals surface area contributed by atoms with Crippen LogP contribution in [0.25, 0.3) is 0 Å². The lowest BCUT2D eigenvalue weighted by molar-refractivity contribution is 0.199. The van der Waals surface area contributed by atoms with Crippen LogP contribution in [0.5, 0.6) is 5.75 Å². The van der Waals surface area contributed by atoms with Crippen molar-refractivity contribution in [1.29, 1.82) is 0 Å². The third-order valence-electron chi connectivity index (χ3n) is 2.84. The summed E-state index contributed by atoms with van der Waals surface area (Å²) in [5.41, 5.74) is 1.88. The Bertz CT molecular complexity index is 535. The Morgan fingerprint density at radius 2 is 2.22 bits per heavy atom. The van der Waals surface area contributed by atoms with Crippen molar-refractivity contribution in [1.82, 2.24) is 14.8 Å². The fourth-order valence-electron chi connectivity index (χ4n) is 1.67. The van der Waals surface area contributed by atoms with Crippen molar-refractivity contribution in [3.63, 3.8) is 0 Å². The van der Waals surface area contributed by atoms with Gasteiger partial charge in [-0.1, -0.05) is 6.07 Å². The minimum Gasteiger partial charge on any atom is -0.485 e. The molecule has 0 aliphatic heterocycles. The zero-order chi connectivity index (χ0) is 13.1. The average Bonchev–Trinajstić information content (AvgIpc) is 2.73. The molecule has 0 aliphatic carbocycles. The zero-order valence-corrected chi connectivity index (χ0v) is 10.8. The van der Waals surface area contributed by atoms with Gasteiger partial charge in [0.1, 0.15) is 18.7 Å². The summed E-state index contributed by atoms with van der Waals surface area (Å²) in [6, 6.07) is 5.66. The van der Waals surface area contributed by atoms with E-state index < -0.39 is 6.10 Å². The summed E-state index contributed by atoms with van der Waals surface area (Å²) in [6.45, 7) is 4.08. The average molecular weight is 247 g/mol. The molecule has 0 fully saturated rings. The second-order valence-electron chi connectivity index (χ2n) is 4.35. The van der Waals surface area contributed by atoms with Gasteiger partial charge < -0.3 is 14.4 Å². The highest BCUT2D eigenvalue weighted by Gasteiger charge is 2.07. The van der Waals surface area contributed by atoms with Gasteiger partial charge in [0.2, 0.25) is 0 Å². The SMILES string of the molecule is Cc1cc(C(C)O)ccc1OCc1nncn1C. The van der Waals surface area contributed by atoms with Crippen molar-refractivity contribution in [2.24, 2.45) is 7.05 Å². The fourth-order valence-corrected chi connectivity index (χ4v) is 1.67. The van der Waals surface area contributed by atoms with Crippen LogP contribution in [0.2, 0.25) is 0 Å². The van der Waals surface area contributed by atoms with Gasteiger partial charge in [0.05, 0.1) is 6.10 Å². The molecule has 1 heterocycles. The normalized spacial score (nSPS) is 12.4. The lowest BCUT2D eigenvalue weighted by Gasteiger charge is -2.11. The van der Waals surface area contributed by atoms with Crippen LogP contribution in [0.15, 0.2) is 24.5 Å². The van der Waals surface area contributed by atoms with Gasteiger partial charge in [-0.2, -0.15) is 0 Å². The van der Waals surface area contributed by atoms with Gasteiger partial charge in [-0.3, -0.25) is 0 Å². The number of aryl methyl sites for hydroxylation is 2. The van der Waals surface area contributed by atoms with E-state index in [9.17, 15) is 5.11 Å². The molecule has 1 unspecified atom stereocenters. The number of aliphatic hydroxyl groups excluding tert-OH is 1. The van der Waals surface area contributed by atoms with Gasteiger partial charge in [0.25, 0.3) is 0 Å². The van der Waals surface area contributed by atoms with E-state index in [4.69, 9.17) is 4.74 Å². The van der Waals surface area contributed by atoms with E-state index in [-0.39, 0.29) is 0 Å². The van der Waals surface area contributed by atoms with Gasteiger partial charge in [0, 0.05) is 7.05 Å². The number of hydrogen-bond donors (Lipinski definition) is 1. The highest BCUT2D eigenvalue weighted by atomic mass is 16.5. The first kappa shape index (κ1) is 12.6. The maximum atomic E-state index is 9.49. The van der Waals surface area contributed by atoms with Crippen LogP contribution >= 0.6 is 0 Å². The number of benzene rings is 1. The van der Waals surface area contributed by atoms with E-state index in [1.54, 1.807) is 13.3 Å². The van der Waals surface area contributed by atoms with Crippen LogP contribution in [0, 0.1) is 6.92 Å². The molecular weight excluding hydrogens is 230 g/mol. The second-order valence-corrected chi connectivity index (χ2v) is 4.35. The lowest BCUT2D eigenvalue weighted by atomic mass is 10.1. The van der Waals surface area contributed by atoms with E-state index >= 15 is 0 Å². The smallest absolute Gasteiger partial charge is 0.170 e. The van der Waals surface area contributed by atoms with Crippen LogP contribution in [0.4, 0.5) is 0 Å². The van der Waals surface area contributed by atoms with Crippen LogP contribution in [0.1, 0.15) is 30.0 Å². The van der Waals surface area contributed by atoms with Crippen LogP contribution in [0.3, 0.4) is 0 Å². The molecule has 2 rings (SSSR count). The summed E-state index contributed by atoms with van der Waals surface area (Å²) < 4.78 is 7.51. The molecular formula is C13H17N3O2. The molecule has 1 atom stereocenters. The predicted molar refractivity (Wildman–Crippen MR) is 67.1 cm³/mol. The quantitative estimate of drug-likeness (QED) is 0.894. The summed E-state index contributed by atoms with van der Waals surface area (Å²) in [7, 11) is 1.88. The van der Waals surface area contributed by atoms with Gasteiger partial charge in [-0.15, -0.1) is 10.2 Å². The first-order chi connectivity index (χ1) is 8.58. The topological polar surface area (TPSA) is 60.2 Å². The Kier molecular flexibility index (Phi) is 3.62. The monoisotopic (exact) mass is 247 g/mol.